The van der Waals surface area contributed by atoms with E-state index in [1.165, 1.54) is 25.1 Å². The van der Waals surface area contributed by atoms with Crippen LogP contribution in [0.5, 0.6) is 0 Å². The van der Waals surface area contributed by atoms with E-state index in [4.69, 9.17) is 0 Å². The van der Waals surface area contributed by atoms with Gasteiger partial charge in [-0.25, -0.2) is 4.39 Å². The quantitative estimate of drug-likeness (QED) is 0.784. The van der Waals surface area contributed by atoms with Gasteiger partial charge in [-0.05, 0) is 42.5 Å². The Balaban J connectivity index is 1.63. The van der Waals surface area contributed by atoms with Crippen molar-refractivity contribution in [3.63, 3.8) is 0 Å². The number of hydrogen-bond donors (Lipinski definition) is 0. The summed E-state index contributed by atoms with van der Waals surface area (Å²) >= 11 is 3.46. The Morgan fingerprint density at radius 1 is 1.16 bits per heavy atom. The first-order valence-electron chi connectivity index (χ1n) is 7.08. The molecule has 1 saturated heterocycles. The van der Waals surface area contributed by atoms with Crippen LogP contribution in [0.25, 0.3) is 0 Å². The highest BCUT2D eigenvalue weighted by Crippen LogP contribution is 2.30. The van der Waals surface area contributed by atoms with Crippen LogP contribution in [0.15, 0.2) is 18.2 Å². The molecule has 1 aliphatic heterocycles. The maximum absolute atomic E-state index is 13.3. The third kappa shape index (κ3) is 3.29. The molecule has 1 aromatic rings. The number of piperazine rings is 1. The lowest BCUT2D eigenvalue weighted by molar-refractivity contribution is 0.248. The van der Waals surface area contributed by atoms with Crippen LogP contribution in [-0.4, -0.2) is 37.6 Å². The van der Waals surface area contributed by atoms with Gasteiger partial charge in [-0.15, -0.1) is 0 Å². The van der Waals surface area contributed by atoms with Crippen LogP contribution in [0.1, 0.15) is 18.4 Å². The predicted molar refractivity (Wildman–Crippen MR) is 80.4 cm³/mol. The van der Waals surface area contributed by atoms with Crippen molar-refractivity contribution in [3.05, 3.63) is 29.6 Å². The van der Waals surface area contributed by atoms with E-state index < -0.39 is 0 Å². The molecular weight excluding hydrogens is 307 g/mol. The first-order chi connectivity index (χ1) is 9.26. The predicted octanol–water partition coefficient (Wildman–Crippen LogP) is 3.25. The van der Waals surface area contributed by atoms with Gasteiger partial charge in [0.25, 0.3) is 0 Å². The van der Waals surface area contributed by atoms with E-state index in [0.717, 1.165) is 37.7 Å². The summed E-state index contributed by atoms with van der Waals surface area (Å²) < 4.78 is 13.3. The molecule has 0 spiro atoms. The van der Waals surface area contributed by atoms with Crippen molar-refractivity contribution in [3.8, 4) is 0 Å². The van der Waals surface area contributed by atoms with Crippen LogP contribution in [0.2, 0.25) is 0 Å². The van der Waals surface area contributed by atoms with E-state index >= 15 is 0 Å². The van der Waals surface area contributed by atoms with E-state index in [-0.39, 0.29) is 5.82 Å². The van der Waals surface area contributed by atoms with E-state index in [2.05, 4.69) is 25.7 Å². The first-order valence-corrected chi connectivity index (χ1v) is 8.20. The second-order valence-electron chi connectivity index (χ2n) is 5.64. The van der Waals surface area contributed by atoms with Gasteiger partial charge in [0, 0.05) is 43.7 Å². The minimum atomic E-state index is -0.148. The largest absolute Gasteiger partial charge is 0.369 e. The second kappa shape index (κ2) is 5.80. The minimum absolute atomic E-state index is 0.148. The van der Waals surface area contributed by atoms with Crippen LogP contribution >= 0.6 is 15.9 Å². The molecule has 3 rings (SSSR count). The van der Waals surface area contributed by atoms with Gasteiger partial charge in [0.05, 0.1) is 0 Å². The number of hydrogen-bond acceptors (Lipinski definition) is 2. The highest BCUT2D eigenvalue weighted by molar-refractivity contribution is 9.08. The van der Waals surface area contributed by atoms with E-state index in [9.17, 15) is 4.39 Å². The van der Waals surface area contributed by atoms with Crippen LogP contribution in [-0.2, 0) is 5.33 Å². The summed E-state index contributed by atoms with van der Waals surface area (Å²) in [6.07, 6.45) is 2.85. The fourth-order valence-corrected chi connectivity index (χ4v) is 3.26. The van der Waals surface area contributed by atoms with E-state index in [1.807, 2.05) is 6.07 Å². The molecule has 0 aromatic heterocycles. The van der Waals surface area contributed by atoms with Gasteiger partial charge in [0.15, 0.2) is 0 Å². The molecule has 0 atom stereocenters. The highest BCUT2D eigenvalue weighted by atomic mass is 79.9. The molecule has 0 amide bonds. The van der Waals surface area contributed by atoms with Crippen molar-refractivity contribution in [2.75, 3.05) is 37.6 Å². The smallest absolute Gasteiger partial charge is 0.123 e. The summed E-state index contributed by atoms with van der Waals surface area (Å²) in [5.41, 5.74) is 2.24. The number of nitrogens with zero attached hydrogens (tertiary/aromatic N) is 2. The molecule has 1 aliphatic carbocycles. The zero-order valence-corrected chi connectivity index (χ0v) is 12.7. The zero-order chi connectivity index (χ0) is 13.2. The Bertz CT molecular complexity index is 440. The maximum Gasteiger partial charge on any atom is 0.123 e. The second-order valence-corrected chi connectivity index (χ2v) is 6.20. The van der Waals surface area contributed by atoms with Crippen LogP contribution in [0.4, 0.5) is 10.1 Å². The van der Waals surface area contributed by atoms with Crippen LogP contribution < -0.4 is 4.90 Å². The molecule has 0 N–H and O–H groups in total. The average molecular weight is 327 g/mol. The molecule has 1 saturated carbocycles. The molecule has 2 fully saturated rings. The lowest BCUT2D eigenvalue weighted by Crippen LogP contribution is -2.47. The van der Waals surface area contributed by atoms with Gasteiger partial charge < -0.3 is 4.90 Å². The van der Waals surface area contributed by atoms with Crippen LogP contribution in [0.3, 0.4) is 0 Å². The average Bonchev–Trinajstić information content (AvgIpc) is 3.24. The number of rotatable bonds is 4. The number of benzene rings is 1. The Morgan fingerprint density at radius 3 is 2.53 bits per heavy atom. The topological polar surface area (TPSA) is 6.48 Å². The molecule has 2 aliphatic rings. The van der Waals surface area contributed by atoms with E-state index in [0.29, 0.717) is 5.33 Å². The normalized spacial score (nSPS) is 20.8. The fraction of sp³-hybridized carbons (Fsp3) is 0.600. The van der Waals surface area contributed by atoms with E-state index in [1.54, 1.807) is 12.1 Å². The maximum atomic E-state index is 13.3. The minimum Gasteiger partial charge on any atom is -0.369 e. The van der Waals surface area contributed by atoms with Gasteiger partial charge in [-0.2, -0.15) is 0 Å². The number of anilines is 1. The molecule has 0 unspecified atom stereocenters. The lowest BCUT2D eigenvalue weighted by Gasteiger charge is -2.37. The monoisotopic (exact) mass is 326 g/mol. The summed E-state index contributed by atoms with van der Waals surface area (Å²) in [5, 5.41) is 0.711. The van der Waals surface area contributed by atoms with Crippen LogP contribution in [0, 0.1) is 11.7 Å². The van der Waals surface area contributed by atoms with Crippen molar-refractivity contribution in [2.45, 2.75) is 18.2 Å². The molecule has 19 heavy (non-hydrogen) atoms. The molecule has 1 aromatic carbocycles. The lowest BCUT2D eigenvalue weighted by atomic mass is 10.1. The van der Waals surface area contributed by atoms with Crippen molar-refractivity contribution in [1.29, 1.82) is 0 Å². The summed E-state index contributed by atoms with van der Waals surface area (Å²) in [5.74, 6) is 0.820. The molecule has 0 radical (unpaired) electrons. The van der Waals surface area contributed by atoms with Gasteiger partial charge in [0.1, 0.15) is 5.82 Å². The molecule has 0 bridgehead atoms. The molecule has 2 nitrogen and oxygen atoms in total. The standard InChI is InChI=1S/C15H20BrFN2/c16-10-13-9-14(17)3-4-15(13)19-7-5-18(6-8-19)11-12-1-2-12/h3-4,9,12H,1-2,5-8,10-11H2. The zero-order valence-electron chi connectivity index (χ0n) is 11.1. The summed E-state index contributed by atoms with van der Waals surface area (Å²) in [6.45, 7) is 5.66. The summed E-state index contributed by atoms with van der Waals surface area (Å²) in [4.78, 5) is 4.96. The molecule has 1 heterocycles. The Labute approximate surface area is 122 Å². The molecule has 104 valence electrons. The highest BCUT2D eigenvalue weighted by Gasteiger charge is 2.26. The number of alkyl halides is 1. The SMILES string of the molecule is Fc1ccc(N2CCN(CC3CC3)CC2)c(CBr)c1. The van der Waals surface area contributed by atoms with Gasteiger partial charge in [0.2, 0.25) is 0 Å². The molecular formula is C15H20BrFN2. The summed E-state index contributed by atoms with van der Waals surface area (Å²) in [7, 11) is 0. The van der Waals surface area contributed by atoms with Crippen molar-refractivity contribution < 1.29 is 4.39 Å². The first kappa shape index (κ1) is 13.4. The van der Waals surface area contributed by atoms with Gasteiger partial charge in [-0.3, -0.25) is 4.90 Å². The Kier molecular flexibility index (Phi) is 4.08. The van der Waals surface area contributed by atoms with Crippen molar-refractivity contribution in [2.24, 2.45) is 5.92 Å². The van der Waals surface area contributed by atoms with Crippen molar-refractivity contribution in [1.82, 2.24) is 4.90 Å². The van der Waals surface area contributed by atoms with Gasteiger partial charge >= 0.3 is 0 Å². The molecule has 4 heteroatoms. The Morgan fingerprint density at radius 2 is 1.89 bits per heavy atom. The number of halogens is 2. The third-order valence-electron chi connectivity index (χ3n) is 4.11. The van der Waals surface area contributed by atoms with Crippen molar-refractivity contribution >= 4 is 21.6 Å². The summed E-state index contributed by atoms with van der Waals surface area (Å²) in [6, 6.07) is 5.13. The third-order valence-corrected chi connectivity index (χ3v) is 4.72. The fourth-order valence-electron chi connectivity index (χ4n) is 2.81. The Hall–Kier alpha value is -0.610. The van der Waals surface area contributed by atoms with Gasteiger partial charge in [-0.1, -0.05) is 15.9 Å².